The minimum atomic E-state index is -0.513. The first-order valence-corrected chi connectivity index (χ1v) is 4.47. The van der Waals surface area contributed by atoms with Gasteiger partial charge in [-0.05, 0) is 13.8 Å². The molecule has 1 N–H and O–H groups in total. The van der Waals surface area contributed by atoms with Gasteiger partial charge >= 0.3 is 0 Å². The third kappa shape index (κ3) is 3.35. The quantitative estimate of drug-likeness (QED) is 0.663. The smallest absolute Gasteiger partial charge is 0.163 e. The van der Waals surface area contributed by atoms with E-state index >= 15 is 0 Å². The van der Waals surface area contributed by atoms with Crippen LogP contribution in [0.4, 0.5) is 0 Å². The summed E-state index contributed by atoms with van der Waals surface area (Å²) in [7, 11) is 0. The van der Waals surface area contributed by atoms with Crippen LogP contribution in [0.5, 0.6) is 0 Å². The number of rotatable bonds is 3. The minimum Gasteiger partial charge on any atom is -0.392 e. The Kier molecular flexibility index (Phi) is 3.32. The van der Waals surface area contributed by atoms with Crippen molar-refractivity contribution < 1.29 is 14.6 Å². The molecule has 13 heavy (non-hydrogen) atoms. The normalized spacial score (nSPS) is 28.3. The maximum Gasteiger partial charge on any atom is 0.163 e. The molecule has 1 aliphatic heterocycles. The molecule has 0 aromatic heterocycles. The van der Waals surface area contributed by atoms with Crippen molar-refractivity contribution in [1.29, 1.82) is 0 Å². The highest BCUT2D eigenvalue weighted by atomic mass is 16.7. The maximum absolute atomic E-state index is 9.40. The summed E-state index contributed by atoms with van der Waals surface area (Å²) in [6.45, 7) is 4.26. The van der Waals surface area contributed by atoms with Crippen LogP contribution in [0.1, 0.15) is 26.7 Å². The van der Waals surface area contributed by atoms with E-state index in [0.29, 0.717) is 19.4 Å². The summed E-state index contributed by atoms with van der Waals surface area (Å²) in [6.07, 6.45) is 5.49. The molecule has 0 aliphatic carbocycles. The molecule has 0 aromatic rings. The summed E-state index contributed by atoms with van der Waals surface area (Å²) < 4.78 is 10.9. The second-order valence-corrected chi connectivity index (χ2v) is 3.75. The van der Waals surface area contributed by atoms with Crippen molar-refractivity contribution in [3.8, 4) is 12.3 Å². The fourth-order valence-electron chi connectivity index (χ4n) is 1.40. The summed E-state index contributed by atoms with van der Waals surface area (Å²) in [5.74, 6) is 1.90. The third-order valence-corrected chi connectivity index (χ3v) is 1.96. The van der Waals surface area contributed by atoms with E-state index in [4.69, 9.17) is 15.9 Å². The van der Waals surface area contributed by atoms with Gasteiger partial charge in [0.25, 0.3) is 0 Å². The summed E-state index contributed by atoms with van der Waals surface area (Å²) in [6, 6.07) is 0. The van der Waals surface area contributed by atoms with Crippen molar-refractivity contribution >= 4 is 0 Å². The zero-order chi connectivity index (χ0) is 9.90. The minimum absolute atomic E-state index is 0.0293. The van der Waals surface area contributed by atoms with Gasteiger partial charge in [-0.3, -0.25) is 0 Å². The number of ether oxygens (including phenoxy) is 2. The Bertz CT molecular complexity index is 205. The molecule has 1 rings (SSSR count). The van der Waals surface area contributed by atoms with Crippen molar-refractivity contribution in [3.63, 3.8) is 0 Å². The number of terminal acetylenes is 1. The fourth-order valence-corrected chi connectivity index (χ4v) is 1.40. The summed E-state index contributed by atoms with van der Waals surface area (Å²) in [5.41, 5.74) is 0. The summed E-state index contributed by atoms with van der Waals surface area (Å²) >= 11 is 0. The molecule has 0 unspecified atom stereocenters. The van der Waals surface area contributed by atoms with Gasteiger partial charge in [-0.25, -0.2) is 0 Å². The Hall–Kier alpha value is -0.560. The summed E-state index contributed by atoms with van der Waals surface area (Å²) in [5, 5.41) is 9.40. The van der Waals surface area contributed by atoms with Crippen molar-refractivity contribution in [2.24, 2.45) is 0 Å². The van der Waals surface area contributed by atoms with Crippen molar-refractivity contribution in [1.82, 2.24) is 0 Å². The molecular formula is C10H16O3. The Morgan fingerprint density at radius 2 is 2.38 bits per heavy atom. The lowest BCUT2D eigenvalue weighted by atomic mass is 10.1. The first kappa shape index (κ1) is 10.5. The molecule has 1 saturated heterocycles. The van der Waals surface area contributed by atoms with E-state index in [2.05, 4.69) is 5.92 Å². The van der Waals surface area contributed by atoms with Crippen LogP contribution in [0, 0.1) is 12.3 Å². The van der Waals surface area contributed by atoms with E-state index in [9.17, 15) is 5.11 Å². The molecule has 1 fully saturated rings. The van der Waals surface area contributed by atoms with E-state index in [-0.39, 0.29) is 6.10 Å². The van der Waals surface area contributed by atoms with Gasteiger partial charge in [0.2, 0.25) is 0 Å². The zero-order valence-electron chi connectivity index (χ0n) is 8.12. The Balaban J connectivity index is 2.29. The standard InChI is InChI=1S/C10H16O3/c1-4-5-8(11)6-9-7-12-10(2,3)13-9/h1,8-9,11H,5-7H2,2-3H3/t8-,9-/m0/s1. The van der Waals surface area contributed by atoms with Gasteiger partial charge < -0.3 is 14.6 Å². The van der Waals surface area contributed by atoms with Crippen LogP contribution >= 0.6 is 0 Å². The molecule has 0 bridgehead atoms. The monoisotopic (exact) mass is 184 g/mol. The van der Waals surface area contributed by atoms with Crippen molar-refractivity contribution in [2.45, 2.75) is 44.7 Å². The van der Waals surface area contributed by atoms with E-state index in [1.54, 1.807) is 0 Å². The molecule has 1 aliphatic rings. The maximum atomic E-state index is 9.40. The van der Waals surface area contributed by atoms with Gasteiger partial charge in [-0.1, -0.05) is 0 Å². The van der Waals surface area contributed by atoms with Gasteiger partial charge in [0.1, 0.15) is 0 Å². The first-order valence-electron chi connectivity index (χ1n) is 4.47. The lowest BCUT2D eigenvalue weighted by molar-refractivity contribution is -0.141. The van der Waals surface area contributed by atoms with Gasteiger partial charge in [0.15, 0.2) is 5.79 Å². The molecule has 0 saturated carbocycles. The van der Waals surface area contributed by atoms with Gasteiger partial charge in [-0.2, -0.15) is 0 Å². The van der Waals surface area contributed by atoms with E-state index in [0.717, 1.165) is 0 Å². The predicted molar refractivity (Wildman–Crippen MR) is 49.0 cm³/mol. The highest BCUT2D eigenvalue weighted by Gasteiger charge is 2.33. The van der Waals surface area contributed by atoms with Gasteiger partial charge in [0.05, 0.1) is 18.8 Å². The van der Waals surface area contributed by atoms with Gasteiger partial charge in [-0.15, -0.1) is 12.3 Å². The van der Waals surface area contributed by atoms with E-state index < -0.39 is 11.9 Å². The Morgan fingerprint density at radius 1 is 1.69 bits per heavy atom. The van der Waals surface area contributed by atoms with E-state index in [1.807, 2.05) is 13.8 Å². The molecule has 0 aromatic carbocycles. The SMILES string of the molecule is C#CC[C@H](O)C[C@H]1COC(C)(C)O1. The van der Waals surface area contributed by atoms with Crippen LogP contribution < -0.4 is 0 Å². The van der Waals surface area contributed by atoms with Crippen LogP contribution in [-0.2, 0) is 9.47 Å². The average molecular weight is 184 g/mol. The van der Waals surface area contributed by atoms with Crippen LogP contribution in [-0.4, -0.2) is 29.7 Å². The van der Waals surface area contributed by atoms with E-state index in [1.165, 1.54) is 0 Å². The average Bonchev–Trinajstić information content (AvgIpc) is 2.30. The molecule has 0 spiro atoms. The molecule has 3 heteroatoms. The van der Waals surface area contributed by atoms with Crippen LogP contribution in [0.2, 0.25) is 0 Å². The number of aliphatic hydroxyl groups excluding tert-OH is 1. The van der Waals surface area contributed by atoms with Crippen molar-refractivity contribution in [2.75, 3.05) is 6.61 Å². The zero-order valence-corrected chi connectivity index (χ0v) is 8.12. The molecular weight excluding hydrogens is 168 g/mol. The highest BCUT2D eigenvalue weighted by Crippen LogP contribution is 2.25. The summed E-state index contributed by atoms with van der Waals surface area (Å²) in [4.78, 5) is 0. The molecule has 0 amide bonds. The lowest BCUT2D eigenvalue weighted by Gasteiger charge is -2.18. The number of aliphatic hydroxyl groups is 1. The largest absolute Gasteiger partial charge is 0.392 e. The Morgan fingerprint density at radius 3 is 2.85 bits per heavy atom. The molecule has 2 atom stereocenters. The second-order valence-electron chi connectivity index (χ2n) is 3.75. The lowest BCUT2D eigenvalue weighted by Crippen LogP contribution is -2.24. The molecule has 1 heterocycles. The topological polar surface area (TPSA) is 38.7 Å². The number of hydrogen-bond donors (Lipinski definition) is 1. The van der Waals surface area contributed by atoms with Crippen LogP contribution in [0.3, 0.4) is 0 Å². The highest BCUT2D eigenvalue weighted by molar-refractivity contribution is 4.88. The van der Waals surface area contributed by atoms with Crippen molar-refractivity contribution in [3.05, 3.63) is 0 Å². The van der Waals surface area contributed by atoms with Gasteiger partial charge in [0, 0.05) is 12.8 Å². The molecule has 74 valence electrons. The number of hydrogen-bond acceptors (Lipinski definition) is 3. The van der Waals surface area contributed by atoms with Crippen LogP contribution in [0.25, 0.3) is 0 Å². The Labute approximate surface area is 79.0 Å². The predicted octanol–water partition coefficient (Wildman–Crippen LogP) is 0.912. The third-order valence-electron chi connectivity index (χ3n) is 1.96. The molecule has 3 nitrogen and oxygen atoms in total. The molecule has 0 radical (unpaired) electrons. The van der Waals surface area contributed by atoms with Crippen LogP contribution in [0.15, 0.2) is 0 Å². The fraction of sp³-hybridized carbons (Fsp3) is 0.800. The second kappa shape index (κ2) is 4.10. The first-order chi connectivity index (χ1) is 6.03.